The number of hydrogen-bond acceptors (Lipinski definition) is 4. The number of anilines is 1. The molecule has 0 radical (unpaired) electrons. The molecule has 0 aliphatic carbocycles. The maximum atomic E-state index is 12.6. The minimum absolute atomic E-state index is 0.0463. The van der Waals surface area contributed by atoms with Crippen LogP contribution >= 0.6 is 0 Å². The molecule has 2 rings (SSSR count). The summed E-state index contributed by atoms with van der Waals surface area (Å²) in [4.78, 5) is 4.39. The first kappa shape index (κ1) is 19.4. The van der Waals surface area contributed by atoms with Crippen LogP contribution < -0.4 is 9.62 Å². The monoisotopic (exact) mass is 361 g/mol. The lowest BCUT2D eigenvalue weighted by Gasteiger charge is -2.26. The van der Waals surface area contributed by atoms with Crippen molar-refractivity contribution in [3.63, 3.8) is 0 Å². The van der Waals surface area contributed by atoms with E-state index in [9.17, 15) is 8.42 Å². The number of nitrogens with one attached hydrogen (secondary N) is 1. The van der Waals surface area contributed by atoms with Gasteiger partial charge in [0.05, 0.1) is 4.90 Å². The average Bonchev–Trinajstić information content (AvgIpc) is 2.55. The van der Waals surface area contributed by atoms with E-state index in [0.29, 0.717) is 11.4 Å². The Balaban J connectivity index is 2.18. The molecule has 0 heterocycles. The molecule has 0 fully saturated rings. The topological polar surface area (TPSA) is 52.7 Å². The Morgan fingerprint density at radius 1 is 0.960 bits per heavy atom. The maximum Gasteiger partial charge on any atom is 0.240 e. The van der Waals surface area contributed by atoms with Gasteiger partial charge in [-0.1, -0.05) is 30.3 Å². The Bertz CT molecular complexity index is 800. The van der Waals surface area contributed by atoms with Gasteiger partial charge in [0.1, 0.15) is 0 Å². The van der Waals surface area contributed by atoms with Crippen LogP contribution in [0, 0.1) is 6.92 Å². The Morgan fingerprint density at radius 3 is 2.08 bits per heavy atom. The van der Waals surface area contributed by atoms with Crippen LogP contribution in [-0.4, -0.2) is 48.1 Å². The van der Waals surface area contributed by atoms with Crippen LogP contribution in [-0.2, 0) is 10.0 Å². The Kier molecular flexibility index (Phi) is 6.21. The molecule has 25 heavy (non-hydrogen) atoms. The molecule has 1 unspecified atom stereocenters. The SMILES string of the molecule is Cc1ccccc1S(=O)(=O)NCC(c1ccc(N(C)C)cc1)N(C)C. The lowest BCUT2D eigenvalue weighted by atomic mass is 10.1. The molecule has 0 aliphatic rings. The van der Waals surface area contributed by atoms with E-state index < -0.39 is 10.0 Å². The molecule has 1 N–H and O–H groups in total. The third-order valence-corrected chi connectivity index (χ3v) is 5.85. The van der Waals surface area contributed by atoms with Crippen molar-refractivity contribution in [1.29, 1.82) is 0 Å². The van der Waals surface area contributed by atoms with Crippen molar-refractivity contribution in [1.82, 2.24) is 9.62 Å². The van der Waals surface area contributed by atoms with Gasteiger partial charge in [0.2, 0.25) is 10.0 Å². The summed E-state index contributed by atoms with van der Waals surface area (Å²) in [5.41, 5.74) is 2.93. The second-order valence-corrected chi connectivity index (χ2v) is 8.32. The van der Waals surface area contributed by atoms with E-state index in [1.807, 2.05) is 68.3 Å². The van der Waals surface area contributed by atoms with Crippen molar-refractivity contribution in [3.05, 3.63) is 59.7 Å². The number of nitrogens with zero attached hydrogens (tertiary/aromatic N) is 2. The zero-order valence-electron chi connectivity index (χ0n) is 15.5. The lowest BCUT2D eigenvalue weighted by molar-refractivity contribution is 0.299. The first-order valence-corrected chi connectivity index (χ1v) is 9.69. The highest BCUT2D eigenvalue weighted by Gasteiger charge is 2.20. The lowest BCUT2D eigenvalue weighted by Crippen LogP contribution is -2.34. The molecule has 136 valence electrons. The van der Waals surface area contributed by atoms with Gasteiger partial charge in [-0.05, 0) is 50.3 Å². The van der Waals surface area contributed by atoms with Crippen molar-refractivity contribution in [2.45, 2.75) is 17.9 Å². The predicted octanol–water partition coefficient (Wildman–Crippen LogP) is 2.64. The maximum absolute atomic E-state index is 12.6. The van der Waals surface area contributed by atoms with E-state index in [2.05, 4.69) is 4.72 Å². The Hall–Kier alpha value is -1.89. The first-order valence-electron chi connectivity index (χ1n) is 8.21. The largest absolute Gasteiger partial charge is 0.378 e. The van der Waals surface area contributed by atoms with Crippen molar-refractivity contribution in [2.75, 3.05) is 39.6 Å². The normalized spacial score (nSPS) is 13.0. The summed E-state index contributed by atoms with van der Waals surface area (Å²) in [5, 5.41) is 0. The molecule has 6 heteroatoms. The van der Waals surface area contributed by atoms with Crippen LogP contribution in [0.15, 0.2) is 53.4 Å². The van der Waals surface area contributed by atoms with E-state index in [-0.39, 0.29) is 6.04 Å². The van der Waals surface area contributed by atoms with E-state index >= 15 is 0 Å². The molecule has 0 amide bonds. The zero-order valence-corrected chi connectivity index (χ0v) is 16.3. The summed E-state index contributed by atoms with van der Waals surface area (Å²) in [7, 11) is 4.36. The minimum atomic E-state index is -3.53. The van der Waals surface area contributed by atoms with Gasteiger partial charge in [0.15, 0.2) is 0 Å². The van der Waals surface area contributed by atoms with Gasteiger partial charge in [-0.25, -0.2) is 13.1 Å². The highest BCUT2D eigenvalue weighted by Crippen LogP contribution is 2.22. The molecule has 0 bridgehead atoms. The highest BCUT2D eigenvalue weighted by atomic mass is 32.2. The van der Waals surface area contributed by atoms with E-state index in [0.717, 1.165) is 16.8 Å². The van der Waals surface area contributed by atoms with Crippen molar-refractivity contribution >= 4 is 15.7 Å². The van der Waals surface area contributed by atoms with Gasteiger partial charge in [-0.2, -0.15) is 0 Å². The summed E-state index contributed by atoms with van der Waals surface area (Å²) in [6, 6.07) is 15.1. The average molecular weight is 362 g/mol. The minimum Gasteiger partial charge on any atom is -0.378 e. The summed E-state index contributed by atoms with van der Waals surface area (Å²) < 4.78 is 28.0. The zero-order chi connectivity index (χ0) is 18.6. The predicted molar refractivity (Wildman–Crippen MR) is 104 cm³/mol. The molecule has 2 aromatic rings. The van der Waals surface area contributed by atoms with Crippen LogP contribution in [0.1, 0.15) is 17.2 Å². The molecule has 0 spiro atoms. The third-order valence-electron chi connectivity index (χ3n) is 4.27. The molecule has 5 nitrogen and oxygen atoms in total. The summed E-state index contributed by atoms with van der Waals surface area (Å²) >= 11 is 0. The van der Waals surface area contributed by atoms with E-state index in [1.165, 1.54) is 0 Å². The standard InChI is InChI=1S/C19H27N3O2S/c1-15-8-6-7-9-19(15)25(23,24)20-14-18(22(4)5)16-10-12-17(13-11-16)21(2)3/h6-13,18,20H,14H2,1-5H3. The number of rotatable bonds is 7. The van der Waals surface area contributed by atoms with E-state index in [4.69, 9.17) is 0 Å². The fraction of sp³-hybridized carbons (Fsp3) is 0.368. The molecule has 0 aromatic heterocycles. The van der Waals surface area contributed by atoms with Gasteiger partial charge >= 0.3 is 0 Å². The molecule has 1 atom stereocenters. The summed E-state index contributed by atoms with van der Waals surface area (Å²) in [6.07, 6.45) is 0. The highest BCUT2D eigenvalue weighted by molar-refractivity contribution is 7.89. The fourth-order valence-electron chi connectivity index (χ4n) is 2.72. The molecule has 0 saturated heterocycles. The van der Waals surface area contributed by atoms with Gasteiger partial charge in [0.25, 0.3) is 0 Å². The Morgan fingerprint density at radius 2 is 1.56 bits per heavy atom. The van der Waals surface area contributed by atoms with Crippen LogP contribution in [0.3, 0.4) is 0 Å². The second kappa shape index (κ2) is 7.99. The molecule has 2 aromatic carbocycles. The van der Waals surface area contributed by atoms with Gasteiger partial charge in [0, 0.05) is 32.4 Å². The summed E-state index contributed by atoms with van der Waals surface area (Å²) in [5.74, 6) is 0. The molecular formula is C19H27N3O2S. The van der Waals surface area contributed by atoms with Crippen LogP contribution in [0.2, 0.25) is 0 Å². The van der Waals surface area contributed by atoms with Crippen LogP contribution in [0.4, 0.5) is 5.69 Å². The number of benzene rings is 2. The number of sulfonamides is 1. The van der Waals surface area contributed by atoms with E-state index in [1.54, 1.807) is 25.1 Å². The van der Waals surface area contributed by atoms with Gasteiger partial charge in [-0.15, -0.1) is 0 Å². The molecule has 0 aliphatic heterocycles. The molecule has 0 saturated carbocycles. The second-order valence-electron chi connectivity index (χ2n) is 6.58. The number of likely N-dealkylation sites (N-methyl/N-ethyl adjacent to an activating group) is 1. The molecular weight excluding hydrogens is 334 g/mol. The quantitative estimate of drug-likeness (QED) is 0.824. The van der Waals surface area contributed by atoms with Crippen LogP contribution in [0.25, 0.3) is 0 Å². The number of aryl methyl sites for hydroxylation is 1. The Labute approximate surface area is 151 Å². The van der Waals surface area contributed by atoms with Crippen molar-refractivity contribution in [3.8, 4) is 0 Å². The van der Waals surface area contributed by atoms with Gasteiger partial charge in [-0.3, -0.25) is 0 Å². The van der Waals surface area contributed by atoms with Crippen molar-refractivity contribution in [2.24, 2.45) is 0 Å². The first-order chi connectivity index (χ1) is 11.7. The third kappa shape index (κ3) is 4.81. The number of hydrogen-bond donors (Lipinski definition) is 1. The van der Waals surface area contributed by atoms with Crippen LogP contribution in [0.5, 0.6) is 0 Å². The van der Waals surface area contributed by atoms with Gasteiger partial charge < -0.3 is 9.80 Å². The summed E-state index contributed by atoms with van der Waals surface area (Å²) in [6.45, 7) is 2.11. The smallest absolute Gasteiger partial charge is 0.240 e. The fourth-order valence-corrected chi connectivity index (χ4v) is 4.00. The van der Waals surface area contributed by atoms with Crippen molar-refractivity contribution < 1.29 is 8.42 Å².